The van der Waals surface area contributed by atoms with Gasteiger partial charge in [0.2, 0.25) is 0 Å². The zero-order valence-electron chi connectivity index (χ0n) is 55.3. The summed E-state index contributed by atoms with van der Waals surface area (Å²) in [6.45, 7) is 6.65. The van der Waals surface area contributed by atoms with Crippen molar-refractivity contribution in [3.63, 3.8) is 0 Å². The quantitative estimate of drug-likeness (QED) is 0.0261. The molecule has 0 aromatic heterocycles. The van der Waals surface area contributed by atoms with Crippen LogP contribution >= 0.6 is 0 Å². The third-order valence-corrected chi connectivity index (χ3v) is 16.6. The molecule has 0 saturated heterocycles. The van der Waals surface area contributed by atoms with Crippen LogP contribution < -0.4 is 0 Å². The number of hydrogen-bond acceptors (Lipinski definition) is 6. The number of hydrogen-bond donors (Lipinski definition) is 0. The second-order valence-corrected chi connectivity index (χ2v) is 24.9. The minimum Gasteiger partial charge on any atom is -0.462 e. The summed E-state index contributed by atoms with van der Waals surface area (Å²) in [5, 5.41) is 0. The van der Waals surface area contributed by atoms with E-state index in [1.165, 1.54) is 276 Å². The van der Waals surface area contributed by atoms with Crippen LogP contribution in [0.1, 0.15) is 400 Å². The molecule has 0 bridgehead atoms. The summed E-state index contributed by atoms with van der Waals surface area (Å²) in [5.41, 5.74) is 0. The highest BCUT2D eigenvalue weighted by Gasteiger charge is 2.19. The summed E-state index contributed by atoms with van der Waals surface area (Å²) in [4.78, 5) is 38.5. The van der Waals surface area contributed by atoms with Crippen molar-refractivity contribution in [2.75, 3.05) is 13.2 Å². The number of allylic oxidation sites excluding steroid dienone is 8. The van der Waals surface area contributed by atoms with Gasteiger partial charge in [0.1, 0.15) is 13.2 Å². The Bertz CT molecular complexity index is 1410. The zero-order valence-corrected chi connectivity index (χ0v) is 55.3. The molecule has 480 valence electrons. The highest BCUT2D eigenvalue weighted by molar-refractivity contribution is 5.71. The number of carbonyl (C=O) groups excluding carboxylic acids is 3. The van der Waals surface area contributed by atoms with E-state index >= 15 is 0 Å². The van der Waals surface area contributed by atoms with Crippen molar-refractivity contribution in [1.82, 2.24) is 0 Å². The fraction of sp³-hybridized carbons (Fsp3) is 0.855. The maximum absolute atomic E-state index is 13.0. The van der Waals surface area contributed by atoms with E-state index in [1.807, 2.05) is 0 Å². The van der Waals surface area contributed by atoms with E-state index in [1.54, 1.807) is 0 Å². The molecule has 0 saturated carbocycles. The molecule has 0 radical (unpaired) electrons. The molecule has 1 atom stereocenters. The Labute approximate surface area is 511 Å². The van der Waals surface area contributed by atoms with E-state index < -0.39 is 6.10 Å². The van der Waals surface area contributed by atoms with Crippen LogP contribution in [0.2, 0.25) is 0 Å². The SMILES string of the molecule is CCCC/C=C\C/C=C\CCCCCCCC(=O)OCC(COC(=O)CCCCCCCCCCCCCCCCC/C=C\C/C=C\CCCCCCC)OC(=O)CCCCCCCCCCCCCCCCCCCCCCCCC. The molecule has 0 spiro atoms. The third kappa shape index (κ3) is 68.2. The maximum atomic E-state index is 13.0. The Kier molecular flexibility index (Phi) is 68.6. The summed E-state index contributed by atoms with van der Waals surface area (Å²) < 4.78 is 17.0. The van der Waals surface area contributed by atoms with Gasteiger partial charge in [0.25, 0.3) is 0 Å². The topological polar surface area (TPSA) is 78.9 Å². The lowest BCUT2D eigenvalue weighted by atomic mass is 10.0. The van der Waals surface area contributed by atoms with E-state index in [-0.39, 0.29) is 31.1 Å². The first kappa shape index (κ1) is 79.4. The summed E-state index contributed by atoms with van der Waals surface area (Å²) in [5.74, 6) is -0.859. The Morgan fingerprint density at radius 2 is 0.451 bits per heavy atom. The molecule has 0 rings (SSSR count). The van der Waals surface area contributed by atoms with Crippen LogP contribution in [0, 0.1) is 0 Å². The molecule has 0 heterocycles. The Morgan fingerprint density at radius 1 is 0.244 bits per heavy atom. The predicted octanol–water partition coefficient (Wildman–Crippen LogP) is 25.3. The van der Waals surface area contributed by atoms with Gasteiger partial charge in [-0.3, -0.25) is 14.4 Å². The Balaban J connectivity index is 4.23. The minimum atomic E-state index is -0.778. The van der Waals surface area contributed by atoms with E-state index in [9.17, 15) is 14.4 Å². The molecule has 0 aromatic rings. The van der Waals surface area contributed by atoms with Crippen molar-refractivity contribution < 1.29 is 28.6 Å². The van der Waals surface area contributed by atoms with Crippen molar-refractivity contribution in [2.45, 2.75) is 406 Å². The third-order valence-electron chi connectivity index (χ3n) is 16.6. The van der Waals surface area contributed by atoms with Gasteiger partial charge < -0.3 is 14.2 Å². The maximum Gasteiger partial charge on any atom is 0.306 e. The van der Waals surface area contributed by atoms with Gasteiger partial charge in [-0.15, -0.1) is 0 Å². The molecule has 0 amide bonds. The monoisotopic (exact) mass is 1150 g/mol. The molecular weight excluding hydrogens is 1010 g/mol. The summed E-state index contributed by atoms with van der Waals surface area (Å²) in [6, 6.07) is 0. The van der Waals surface area contributed by atoms with E-state index in [0.717, 1.165) is 83.5 Å². The van der Waals surface area contributed by atoms with Gasteiger partial charge in [-0.1, -0.05) is 352 Å². The van der Waals surface area contributed by atoms with Crippen LogP contribution in [0.5, 0.6) is 0 Å². The second-order valence-electron chi connectivity index (χ2n) is 24.9. The van der Waals surface area contributed by atoms with Crippen LogP contribution in [0.25, 0.3) is 0 Å². The van der Waals surface area contributed by atoms with Gasteiger partial charge in [-0.25, -0.2) is 0 Å². The van der Waals surface area contributed by atoms with Gasteiger partial charge in [0.15, 0.2) is 6.10 Å². The van der Waals surface area contributed by atoms with E-state index in [2.05, 4.69) is 69.4 Å². The molecule has 0 aromatic carbocycles. The number of unbranched alkanes of at least 4 members (excludes halogenated alkanes) is 49. The van der Waals surface area contributed by atoms with Gasteiger partial charge in [0.05, 0.1) is 0 Å². The fourth-order valence-corrected chi connectivity index (χ4v) is 11.0. The lowest BCUT2D eigenvalue weighted by Gasteiger charge is -2.18. The highest BCUT2D eigenvalue weighted by atomic mass is 16.6. The van der Waals surface area contributed by atoms with Gasteiger partial charge >= 0.3 is 17.9 Å². The first-order valence-corrected chi connectivity index (χ1v) is 36.6. The van der Waals surface area contributed by atoms with Crippen molar-refractivity contribution >= 4 is 17.9 Å². The Hall–Kier alpha value is -2.63. The van der Waals surface area contributed by atoms with Crippen LogP contribution in [0.3, 0.4) is 0 Å². The number of ether oxygens (including phenoxy) is 3. The fourth-order valence-electron chi connectivity index (χ4n) is 11.0. The van der Waals surface area contributed by atoms with Crippen LogP contribution in [0.15, 0.2) is 48.6 Å². The molecule has 0 aliphatic heterocycles. The van der Waals surface area contributed by atoms with Crippen LogP contribution in [-0.2, 0) is 28.6 Å². The first-order chi connectivity index (χ1) is 40.5. The average molecular weight is 1150 g/mol. The molecular formula is C76H140O6. The van der Waals surface area contributed by atoms with Crippen molar-refractivity contribution in [2.24, 2.45) is 0 Å². The molecule has 6 nitrogen and oxygen atoms in total. The van der Waals surface area contributed by atoms with Gasteiger partial charge in [0, 0.05) is 19.3 Å². The average Bonchev–Trinajstić information content (AvgIpc) is 3.47. The summed E-state index contributed by atoms with van der Waals surface area (Å²) in [6.07, 6.45) is 90.1. The van der Waals surface area contributed by atoms with E-state index in [0.29, 0.717) is 19.3 Å². The molecule has 82 heavy (non-hydrogen) atoms. The first-order valence-electron chi connectivity index (χ1n) is 36.6. The minimum absolute atomic E-state index is 0.0729. The van der Waals surface area contributed by atoms with E-state index in [4.69, 9.17) is 14.2 Å². The molecule has 0 aliphatic carbocycles. The largest absolute Gasteiger partial charge is 0.462 e. The smallest absolute Gasteiger partial charge is 0.306 e. The number of carbonyl (C=O) groups is 3. The standard InChI is InChI=1S/C76H140O6/c1-4-7-10-13-16-19-22-25-28-30-32-34-36-37-38-39-41-42-44-46-48-51-54-57-60-63-66-69-75(78)81-72-73(71-80-74(77)68-65-62-59-56-53-50-27-24-21-18-15-12-9-6-3)82-76(79)70-67-64-61-58-55-52-49-47-45-43-40-35-33-31-29-26-23-20-17-14-11-8-5-2/h15,18,22,24-25,27,30,32,73H,4-14,16-17,19-21,23,26,28-29,31,33-72H2,1-3H3/b18-15-,25-22-,27-24-,32-30-. The van der Waals surface area contributed by atoms with Gasteiger partial charge in [-0.2, -0.15) is 0 Å². The van der Waals surface area contributed by atoms with Gasteiger partial charge in [-0.05, 0) is 77.0 Å². The summed E-state index contributed by atoms with van der Waals surface area (Å²) >= 11 is 0. The lowest BCUT2D eigenvalue weighted by Crippen LogP contribution is -2.30. The van der Waals surface area contributed by atoms with Crippen molar-refractivity contribution in [3.05, 3.63) is 48.6 Å². The normalized spacial score (nSPS) is 12.3. The highest BCUT2D eigenvalue weighted by Crippen LogP contribution is 2.19. The molecule has 0 fully saturated rings. The molecule has 0 aliphatic rings. The van der Waals surface area contributed by atoms with Crippen LogP contribution in [0.4, 0.5) is 0 Å². The molecule has 6 heteroatoms. The molecule has 1 unspecified atom stereocenters. The van der Waals surface area contributed by atoms with Crippen LogP contribution in [-0.4, -0.2) is 37.2 Å². The number of esters is 3. The second kappa shape index (κ2) is 70.9. The number of rotatable bonds is 68. The zero-order chi connectivity index (χ0) is 59.2. The molecule has 0 N–H and O–H groups in total. The van der Waals surface area contributed by atoms with Crippen molar-refractivity contribution in [1.29, 1.82) is 0 Å². The Morgan fingerprint density at radius 3 is 0.707 bits per heavy atom. The lowest BCUT2D eigenvalue weighted by molar-refractivity contribution is -0.167. The van der Waals surface area contributed by atoms with Crippen molar-refractivity contribution in [3.8, 4) is 0 Å². The summed E-state index contributed by atoms with van der Waals surface area (Å²) in [7, 11) is 0. The predicted molar refractivity (Wildman–Crippen MR) is 358 cm³/mol.